The molecule has 1 aromatic carbocycles. The van der Waals surface area contributed by atoms with Gasteiger partial charge in [0.25, 0.3) is 5.56 Å². The first-order chi connectivity index (χ1) is 8.74. The van der Waals surface area contributed by atoms with E-state index in [1.54, 1.807) is 12.3 Å². The van der Waals surface area contributed by atoms with Crippen molar-refractivity contribution in [3.63, 3.8) is 0 Å². The molecule has 1 N–H and O–H groups in total. The van der Waals surface area contributed by atoms with E-state index in [-0.39, 0.29) is 11.1 Å². The maximum Gasteiger partial charge on any atom is 0.265 e. The summed E-state index contributed by atoms with van der Waals surface area (Å²) in [5.74, 6) is 0.797. The van der Waals surface area contributed by atoms with Gasteiger partial charge in [0.15, 0.2) is 0 Å². The molecule has 2 aromatic rings. The molecule has 0 unspecified atom stereocenters. The smallest absolute Gasteiger partial charge is 0.265 e. The molecular formula is C14H12N2O2. The third kappa shape index (κ3) is 2.41. The molecule has 4 heteroatoms. The second-order valence-electron chi connectivity index (χ2n) is 3.70. The minimum absolute atomic E-state index is 0.112. The van der Waals surface area contributed by atoms with Crippen LogP contribution in [0.15, 0.2) is 41.3 Å². The van der Waals surface area contributed by atoms with Gasteiger partial charge in [0, 0.05) is 6.20 Å². The van der Waals surface area contributed by atoms with Crippen LogP contribution in [0.1, 0.15) is 12.5 Å². The third-order valence-electron chi connectivity index (χ3n) is 2.52. The van der Waals surface area contributed by atoms with Gasteiger partial charge in [-0.15, -0.1) is 0 Å². The molecule has 0 aliphatic heterocycles. The number of rotatable bonds is 3. The van der Waals surface area contributed by atoms with E-state index in [0.717, 1.165) is 16.9 Å². The molecular weight excluding hydrogens is 228 g/mol. The monoisotopic (exact) mass is 240 g/mol. The zero-order valence-electron chi connectivity index (χ0n) is 9.93. The molecule has 1 aromatic heterocycles. The molecule has 0 saturated carbocycles. The molecule has 0 bridgehead atoms. The van der Waals surface area contributed by atoms with E-state index in [2.05, 4.69) is 4.98 Å². The Balaban J connectivity index is 2.37. The maximum absolute atomic E-state index is 11.3. The van der Waals surface area contributed by atoms with Gasteiger partial charge in [-0.2, -0.15) is 5.26 Å². The fraction of sp³-hybridized carbons (Fsp3) is 0.143. The third-order valence-corrected chi connectivity index (χ3v) is 2.52. The van der Waals surface area contributed by atoms with Gasteiger partial charge in [-0.25, -0.2) is 0 Å². The zero-order chi connectivity index (χ0) is 13.0. The number of nitrogens with zero attached hydrogens (tertiary/aromatic N) is 1. The molecule has 1 heterocycles. The van der Waals surface area contributed by atoms with Crippen molar-refractivity contribution in [2.24, 2.45) is 0 Å². The lowest BCUT2D eigenvalue weighted by Crippen LogP contribution is -2.08. The van der Waals surface area contributed by atoms with Gasteiger partial charge in [-0.05, 0) is 36.2 Å². The first-order valence-electron chi connectivity index (χ1n) is 5.60. The van der Waals surface area contributed by atoms with Crippen LogP contribution in [0.3, 0.4) is 0 Å². The summed E-state index contributed by atoms with van der Waals surface area (Å²) < 4.78 is 5.35. The van der Waals surface area contributed by atoms with E-state index < -0.39 is 0 Å². The number of benzene rings is 1. The van der Waals surface area contributed by atoms with Crippen LogP contribution in [0.25, 0.3) is 11.1 Å². The average molecular weight is 240 g/mol. The molecule has 90 valence electrons. The van der Waals surface area contributed by atoms with Gasteiger partial charge < -0.3 is 9.72 Å². The summed E-state index contributed by atoms with van der Waals surface area (Å²) in [6.07, 6.45) is 1.60. The molecule has 4 nitrogen and oxygen atoms in total. The molecule has 0 aliphatic carbocycles. The Morgan fingerprint density at radius 1 is 1.28 bits per heavy atom. The lowest BCUT2D eigenvalue weighted by molar-refractivity contribution is 0.340. The van der Waals surface area contributed by atoms with Gasteiger partial charge in [-0.1, -0.05) is 12.1 Å². The quantitative estimate of drug-likeness (QED) is 0.895. The summed E-state index contributed by atoms with van der Waals surface area (Å²) in [6, 6.07) is 10.9. The zero-order valence-corrected chi connectivity index (χ0v) is 9.93. The molecule has 0 spiro atoms. The SMILES string of the molecule is CCOc1ccc(-c2c[nH]c(=O)c(C#N)c2)cc1. The van der Waals surface area contributed by atoms with Crippen molar-refractivity contribution < 1.29 is 4.74 Å². The van der Waals surface area contributed by atoms with Crippen LogP contribution in [-0.2, 0) is 0 Å². The van der Waals surface area contributed by atoms with E-state index in [9.17, 15) is 4.79 Å². The van der Waals surface area contributed by atoms with Crippen LogP contribution in [0, 0.1) is 11.3 Å². The maximum atomic E-state index is 11.3. The minimum Gasteiger partial charge on any atom is -0.494 e. The number of hydrogen-bond donors (Lipinski definition) is 1. The number of aromatic nitrogens is 1. The van der Waals surface area contributed by atoms with Crippen molar-refractivity contribution in [3.8, 4) is 22.9 Å². The first kappa shape index (κ1) is 11.9. The number of H-pyrrole nitrogens is 1. The van der Waals surface area contributed by atoms with Crippen LogP contribution in [0.2, 0.25) is 0 Å². The number of hydrogen-bond acceptors (Lipinski definition) is 3. The largest absolute Gasteiger partial charge is 0.494 e. The Hall–Kier alpha value is -2.54. The second-order valence-corrected chi connectivity index (χ2v) is 3.70. The van der Waals surface area contributed by atoms with E-state index in [1.807, 2.05) is 37.3 Å². The van der Waals surface area contributed by atoms with Crippen molar-refractivity contribution in [2.75, 3.05) is 6.61 Å². The van der Waals surface area contributed by atoms with E-state index >= 15 is 0 Å². The van der Waals surface area contributed by atoms with Gasteiger partial charge >= 0.3 is 0 Å². The van der Waals surface area contributed by atoms with Crippen LogP contribution in [0.5, 0.6) is 5.75 Å². The Bertz CT molecular complexity index is 636. The summed E-state index contributed by atoms with van der Waals surface area (Å²) in [5.41, 5.74) is 1.47. The summed E-state index contributed by atoms with van der Waals surface area (Å²) >= 11 is 0. The van der Waals surface area contributed by atoms with Gasteiger partial charge in [-0.3, -0.25) is 4.79 Å². The topological polar surface area (TPSA) is 65.9 Å². The highest BCUT2D eigenvalue weighted by molar-refractivity contribution is 5.64. The Morgan fingerprint density at radius 3 is 2.61 bits per heavy atom. The minimum atomic E-state index is -0.368. The van der Waals surface area contributed by atoms with Gasteiger partial charge in [0.05, 0.1) is 6.61 Å². The molecule has 18 heavy (non-hydrogen) atoms. The summed E-state index contributed by atoms with van der Waals surface area (Å²) in [6.45, 7) is 2.55. The van der Waals surface area contributed by atoms with Crippen molar-refractivity contribution in [1.82, 2.24) is 4.98 Å². The summed E-state index contributed by atoms with van der Waals surface area (Å²) in [4.78, 5) is 13.8. The van der Waals surface area contributed by atoms with Crippen LogP contribution in [0.4, 0.5) is 0 Å². The van der Waals surface area contributed by atoms with Crippen molar-refractivity contribution in [2.45, 2.75) is 6.92 Å². The average Bonchev–Trinajstić information content (AvgIpc) is 2.41. The number of nitriles is 1. The molecule has 2 rings (SSSR count). The molecule has 0 radical (unpaired) electrons. The van der Waals surface area contributed by atoms with Crippen molar-refractivity contribution in [3.05, 3.63) is 52.4 Å². The molecule has 0 aliphatic rings. The van der Waals surface area contributed by atoms with Crippen LogP contribution >= 0.6 is 0 Å². The second kappa shape index (κ2) is 5.19. The highest BCUT2D eigenvalue weighted by Gasteiger charge is 2.03. The molecule has 0 fully saturated rings. The van der Waals surface area contributed by atoms with Crippen LogP contribution in [-0.4, -0.2) is 11.6 Å². The van der Waals surface area contributed by atoms with E-state index in [1.165, 1.54) is 0 Å². The number of pyridine rings is 1. The standard InChI is InChI=1S/C14H12N2O2/c1-2-18-13-5-3-10(4-6-13)12-7-11(8-15)14(17)16-9-12/h3-7,9H,2H2,1H3,(H,16,17). The van der Waals surface area contributed by atoms with Gasteiger partial charge in [0.1, 0.15) is 17.4 Å². The highest BCUT2D eigenvalue weighted by atomic mass is 16.5. The van der Waals surface area contributed by atoms with Crippen LogP contribution < -0.4 is 10.3 Å². The normalized spacial score (nSPS) is 9.78. The molecule has 0 atom stereocenters. The van der Waals surface area contributed by atoms with Gasteiger partial charge in [0.2, 0.25) is 0 Å². The summed E-state index contributed by atoms with van der Waals surface area (Å²) in [7, 11) is 0. The van der Waals surface area contributed by atoms with Crippen molar-refractivity contribution >= 4 is 0 Å². The lowest BCUT2D eigenvalue weighted by atomic mass is 10.1. The lowest BCUT2D eigenvalue weighted by Gasteiger charge is -2.05. The fourth-order valence-electron chi connectivity index (χ4n) is 1.64. The predicted molar refractivity (Wildman–Crippen MR) is 68.4 cm³/mol. The Morgan fingerprint density at radius 2 is 2.00 bits per heavy atom. The van der Waals surface area contributed by atoms with E-state index in [0.29, 0.717) is 6.61 Å². The number of ether oxygens (including phenoxy) is 1. The summed E-state index contributed by atoms with van der Waals surface area (Å²) in [5, 5.41) is 8.81. The molecule has 0 amide bonds. The highest BCUT2D eigenvalue weighted by Crippen LogP contribution is 2.21. The number of nitrogens with one attached hydrogen (secondary N) is 1. The van der Waals surface area contributed by atoms with E-state index in [4.69, 9.17) is 10.00 Å². The fourth-order valence-corrected chi connectivity index (χ4v) is 1.64. The number of aromatic amines is 1. The Kier molecular flexibility index (Phi) is 3.44. The first-order valence-corrected chi connectivity index (χ1v) is 5.60. The van der Waals surface area contributed by atoms with Crippen molar-refractivity contribution in [1.29, 1.82) is 5.26 Å². The molecule has 0 saturated heterocycles. The predicted octanol–water partition coefficient (Wildman–Crippen LogP) is 2.31. The Labute approximate surface area is 104 Å².